The van der Waals surface area contributed by atoms with Gasteiger partial charge in [0.05, 0.1) is 18.1 Å². The van der Waals surface area contributed by atoms with E-state index in [0.717, 1.165) is 30.5 Å². The zero-order valence-electron chi connectivity index (χ0n) is 12.2. The first-order chi connectivity index (χ1) is 10.8. The molecular formula is C12H15F3N6O2. The second-order valence-electron chi connectivity index (χ2n) is 4.78. The van der Waals surface area contributed by atoms with E-state index in [2.05, 4.69) is 20.4 Å². The van der Waals surface area contributed by atoms with Crippen molar-refractivity contribution in [1.82, 2.24) is 24.6 Å². The number of fused-ring (bicyclic) bond motifs is 1. The molecule has 0 unspecified atom stereocenters. The third-order valence-electron chi connectivity index (χ3n) is 3.15. The van der Waals surface area contributed by atoms with E-state index in [4.69, 9.17) is 5.11 Å². The Bertz CT molecular complexity index is 677. The van der Waals surface area contributed by atoms with Crippen LogP contribution >= 0.6 is 0 Å². The molecule has 0 bridgehead atoms. The summed E-state index contributed by atoms with van der Waals surface area (Å²) >= 11 is 0. The number of aliphatic hydroxyl groups is 1. The summed E-state index contributed by atoms with van der Waals surface area (Å²) in [6, 6.07) is 0. The number of hydrogen-bond acceptors (Lipinski definition) is 6. The number of carbonyl (C=O) groups excluding carboxylic acids is 1. The standard InChI is InChI=1S/C11H14N6O.CHF3O/c1-16-11-8(5-15-16)10(13-7-14-11)12-6-9(18)17-3-2-4-17;2-1(3,4)5/h5,7H,2-4,6H2,1H3,(H,12,13,14);5H. The fourth-order valence-corrected chi connectivity index (χ4v) is 1.94. The molecule has 23 heavy (non-hydrogen) atoms. The molecule has 3 rings (SSSR count). The van der Waals surface area contributed by atoms with E-state index in [0.29, 0.717) is 5.82 Å². The van der Waals surface area contributed by atoms with Crippen molar-refractivity contribution in [3.05, 3.63) is 12.5 Å². The molecule has 0 aliphatic carbocycles. The molecule has 0 radical (unpaired) electrons. The minimum absolute atomic E-state index is 0.108. The van der Waals surface area contributed by atoms with Crippen LogP contribution in [0.3, 0.4) is 0 Å². The molecule has 0 saturated carbocycles. The van der Waals surface area contributed by atoms with Crippen molar-refractivity contribution in [2.75, 3.05) is 25.0 Å². The third-order valence-corrected chi connectivity index (χ3v) is 3.15. The Hall–Kier alpha value is -2.43. The van der Waals surface area contributed by atoms with Crippen LogP contribution in [0.4, 0.5) is 19.0 Å². The van der Waals surface area contributed by atoms with Gasteiger partial charge < -0.3 is 15.3 Å². The van der Waals surface area contributed by atoms with E-state index in [9.17, 15) is 18.0 Å². The second-order valence-corrected chi connectivity index (χ2v) is 4.78. The van der Waals surface area contributed by atoms with Crippen molar-refractivity contribution in [2.45, 2.75) is 12.8 Å². The van der Waals surface area contributed by atoms with Gasteiger partial charge in [-0.2, -0.15) is 5.10 Å². The van der Waals surface area contributed by atoms with E-state index in [1.807, 2.05) is 11.9 Å². The molecule has 0 spiro atoms. The lowest BCUT2D eigenvalue weighted by Gasteiger charge is -2.30. The molecule has 11 heteroatoms. The largest absolute Gasteiger partial charge is 0.519 e. The average Bonchev–Trinajstić information content (AvgIpc) is 2.75. The quantitative estimate of drug-likeness (QED) is 0.850. The first-order valence-corrected chi connectivity index (χ1v) is 6.69. The first kappa shape index (κ1) is 16.9. The molecule has 1 aliphatic rings. The average molecular weight is 332 g/mol. The van der Waals surface area contributed by atoms with E-state index >= 15 is 0 Å². The maximum Gasteiger partial charge on any atom is 0.519 e. The Balaban J connectivity index is 0.000000338. The highest BCUT2D eigenvalue weighted by Gasteiger charge is 2.21. The number of nitrogens with zero attached hydrogens (tertiary/aromatic N) is 5. The maximum absolute atomic E-state index is 11.7. The highest BCUT2D eigenvalue weighted by molar-refractivity contribution is 5.88. The predicted molar refractivity (Wildman–Crippen MR) is 74.3 cm³/mol. The Kier molecular flexibility index (Phi) is 4.98. The number of rotatable bonds is 3. The summed E-state index contributed by atoms with van der Waals surface area (Å²) in [4.78, 5) is 21.9. The molecule has 8 nitrogen and oxygen atoms in total. The molecule has 1 amide bonds. The Labute approximate surface area is 128 Å². The maximum atomic E-state index is 11.7. The molecule has 1 saturated heterocycles. The number of halogens is 3. The van der Waals surface area contributed by atoms with Gasteiger partial charge in [-0.15, -0.1) is 13.2 Å². The molecule has 1 fully saturated rings. The lowest BCUT2D eigenvalue weighted by molar-refractivity contribution is -0.295. The normalized spacial score (nSPS) is 14.0. The minimum Gasteiger partial charge on any atom is -0.360 e. The van der Waals surface area contributed by atoms with E-state index in [-0.39, 0.29) is 12.5 Å². The van der Waals surface area contributed by atoms with Gasteiger partial charge in [0.15, 0.2) is 5.65 Å². The number of nitrogens with one attached hydrogen (secondary N) is 1. The van der Waals surface area contributed by atoms with Crippen LogP contribution < -0.4 is 5.32 Å². The highest BCUT2D eigenvalue weighted by atomic mass is 19.4. The SMILES string of the molecule is Cn1ncc2c(NCC(=O)N3CCC3)ncnc21.OC(F)(F)F. The summed E-state index contributed by atoms with van der Waals surface area (Å²) < 4.78 is 31.4. The van der Waals surface area contributed by atoms with Crippen molar-refractivity contribution in [1.29, 1.82) is 0 Å². The second kappa shape index (κ2) is 6.77. The van der Waals surface area contributed by atoms with Crippen LogP contribution in [-0.4, -0.2) is 61.7 Å². The summed E-state index contributed by atoms with van der Waals surface area (Å²) in [5, 5.41) is 14.5. The summed E-state index contributed by atoms with van der Waals surface area (Å²) in [5.41, 5.74) is 0.754. The monoisotopic (exact) mass is 332 g/mol. The van der Waals surface area contributed by atoms with E-state index < -0.39 is 6.36 Å². The number of carbonyl (C=O) groups is 1. The molecule has 2 aromatic rings. The lowest BCUT2D eigenvalue weighted by atomic mass is 10.2. The molecule has 126 valence electrons. The van der Waals surface area contributed by atoms with Crippen molar-refractivity contribution in [2.24, 2.45) is 7.05 Å². The van der Waals surface area contributed by atoms with Crippen LogP contribution in [0.5, 0.6) is 0 Å². The molecular weight excluding hydrogens is 317 g/mol. The fraction of sp³-hybridized carbons (Fsp3) is 0.500. The molecule has 2 N–H and O–H groups in total. The number of aryl methyl sites for hydroxylation is 1. The number of aromatic nitrogens is 4. The van der Waals surface area contributed by atoms with Crippen molar-refractivity contribution >= 4 is 22.8 Å². The van der Waals surface area contributed by atoms with E-state index in [1.165, 1.54) is 6.33 Å². The Morgan fingerprint density at radius 1 is 1.39 bits per heavy atom. The molecule has 1 aliphatic heterocycles. The summed E-state index contributed by atoms with van der Waals surface area (Å²) in [6.45, 7) is 2.00. The number of hydrogen-bond donors (Lipinski definition) is 2. The zero-order valence-corrected chi connectivity index (χ0v) is 12.2. The van der Waals surface area contributed by atoms with Gasteiger partial charge in [-0.3, -0.25) is 9.48 Å². The number of alkyl halides is 3. The predicted octanol–water partition coefficient (Wildman–Crippen LogP) is 0.506. The van der Waals surface area contributed by atoms with Gasteiger partial charge in [0.1, 0.15) is 12.1 Å². The molecule has 0 atom stereocenters. The van der Waals surface area contributed by atoms with Crippen LogP contribution in [0.15, 0.2) is 12.5 Å². The summed E-state index contributed by atoms with van der Waals surface area (Å²) in [5.74, 6) is 0.763. The molecule has 2 aromatic heterocycles. The third kappa shape index (κ3) is 4.77. The number of anilines is 1. The van der Waals surface area contributed by atoms with Gasteiger partial charge in [0.2, 0.25) is 5.91 Å². The number of amides is 1. The van der Waals surface area contributed by atoms with Crippen molar-refractivity contribution < 1.29 is 23.1 Å². The Morgan fingerprint density at radius 2 is 2.04 bits per heavy atom. The van der Waals surface area contributed by atoms with Crippen molar-refractivity contribution in [3.8, 4) is 0 Å². The summed E-state index contributed by atoms with van der Waals surface area (Å²) in [6.07, 6.45) is -0.724. The minimum atomic E-state index is -5.00. The van der Waals surface area contributed by atoms with E-state index in [1.54, 1.807) is 10.9 Å². The fourth-order valence-electron chi connectivity index (χ4n) is 1.94. The van der Waals surface area contributed by atoms with Crippen LogP contribution in [0, 0.1) is 0 Å². The first-order valence-electron chi connectivity index (χ1n) is 6.69. The molecule has 0 aromatic carbocycles. The van der Waals surface area contributed by atoms with Gasteiger partial charge in [0.25, 0.3) is 0 Å². The van der Waals surface area contributed by atoms with Gasteiger partial charge in [-0.05, 0) is 6.42 Å². The van der Waals surface area contributed by atoms with Crippen LogP contribution in [0.1, 0.15) is 6.42 Å². The summed E-state index contributed by atoms with van der Waals surface area (Å²) in [7, 11) is 1.82. The topological polar surface area (TPSA) is 96.2 Å². The van der Waals surface area contributed by atoms with Gasteiger partial charge in [-0.1, -0.05) is 0 Å². The van der Waals surface area contributed by atoms with Gasteiger partial charge in [0, 0.05) is 20.1 Å². The van der Waals surface area contributed by atoms with Gasteiger partial charge >= 0.3 is 6.36 Å². The van der Waals surface area contributed by atoms with Crippen LogP contribution in [0.25, 0.3) is 11.0 Å². The molecule has 3 heterocycles. The van der Waals surface area contributed by atoms with Gasteiger partial charge in [-0.25, -0.2) is 9.97 Å². The smallest absolute Gasteiger partial charge is 0.360 e. The lowest BCUT2D eigenvalue weighted by Crippen LogP contribution is -2.44. The highest BCUT2D eigenvalue weighted by Crippen LogP contribution is 2.17. The zero-order chi connectivity index (χ0) is 17.0. The van der Waals surface area contributed by atoms with Crippen LogP contribution in [0.2, 0.25) is 0 Å². The Morgan fingerprint density at radius 3 is 2.61 bits per heavy atom. The van der Waals surface area contributed by atoms with Crippen molar-refractivity contribution in [3.63, 3.8) is 0 Å². The number of likely N-dealkylation sites (tertiary alicyclic amines) is 1. The van der Waals surface area contributed by atoms with Crippen LogP contribution in [-0.2, 0) is 11.8 Å².